The number of amides is 2. The van der Waals surface area contributed by atoms with E-state index in [0.717, 1.165) is 17.8 Å². The lowest BCUT2D eigenvalue weighted by Crippen LogP contribution is -2.53. The van der Waals surface area contributed by atoms with Crippen molar-refractivity contribution in [1.29, 1.82) is 0 Å². The smallest absolute Gasteiger partial charge is 0.394 e. The number of piperazine rings is 1. The van der Waals surface area contributed by atoms with Gasteiger partial charge in [0.15, 0.2) is 0 Å². The molecule has 1 aromatic heterocycles. The summed E-state index contributed by atoms with van der Waals surface area (Å²) in [5.41, 5.74) is -0.555. The summed E-state index contributed by atoms with van der Waals surface area (Å²) in [6.07, 6.45) is -4.30. The summed E-state index contributed by atoms with van der Waals surface area (Å²) in [5.74, 6) is -5.35. The van der Waals surface area contributed by atoms with E-state index in [1.165, 1.54) is 0 Å². The lowest BCUT2D eigenvalue weighted by Gasteiger charge is -2.40. The maximum absolute atomic E-state index is 15.6. The van der Waals surface area contributed by atoms with Gasteiger partial charge in [0.25, 0.3) is 5.91 Å². The number of rotatable bonds is 4. The van der Waals surface area contributed by atoms with Gasteiger partial charge in [0.2, 0.25) is 0 Å². The van der Waals surface area contributed by atoms with E-state index in [9.17, 15) is 32.7 Å². The van der Waals surface area contributed by atoms with Gasteiger partial charge < -0.3 is 19.8 Å². The molecule has 3 aliphatic carbocycles. The van der Waals surface area contributed by atoms with E-state index < -0.39 is 58.7 Å². The Morgan fingerprint density at radius 2 is 1.70 bits per heavy atom. The Morgan fingerprint density at radius 1 is 1.00 bits per heavy atom. The van der Waals surface area contributed by atoms with Crippen LogP contribution in [0.3, 0.4) is 0 Å². The number of hydrogen-bond donors (Lipinski definition) is 1. The molecule has 6 atom stereocenters. The number of likely N-dealkylation sites (N-methyl/N-ethyl adjacent to an activating group) is 1. The fourth-order valence-corrected chi connectivity index (χ4v) is 8.60. The lowest BCUT2D eigenvalue weighted by molar-refractivity contribution is -0.209. The second-order valence-corrected chi connectivity index (χ2v) is 14.1. The van der Waals surface area contributed by atoms with Crippen LogP contribution >= 0.6 is 11.6 Å². The van der Waals surface area contributed by atoms with Gasteiger partial charge >= 0.3 is 18.2 Å². The van der Waals surface area contributed by atoms with Gasteiger partial charge in [-0.05, 0) is 64.3 Å². The van der Waals surface area contributed by atoms with Gasteiger partial charge in [-0.25, -0.2) is 13.9 Å². The minimum absolute atomic E-state index is 0.0232. The number of hydrogen-bond acceptors (Lipinski definition) is 5. The average molecular weight is 646 g/mol. The molecule has 5 aliphatic rings. The van der Waals surface area contributed by atoms with Gasteiger partial charge in [0.05, 0.1) is 35.2 Å². The molecule has 1 aromatic rings. The first-order valence-corrected chi connectivity index (χ1v) is 16.2. The normalized spacial score (nSPS) is 32.7. The number of carboxylic acid groups (broad SMARTS) is 1. The van der Waals surface area contributed by atoms with E-state index in [1.807, 2.05) is 7.05 Å². The van der Waals surface area contributed by atoms with Crippen LogP contribution in [0.2, 0.25) is 0 Å². The van der Waals surface area contributed by atoms with Crippen molar-refractivity contribution < 1.29 is 37.1 Å². The lowest BCUT2D eigenvalue weighted by atomic mass is 9.69. The van der Waals surface area contributed by atoms with E-state index in [1.54, 1.807) is 9.80 Å². The highest BCUT2D eigenvalue weighted by Crippen LogP contribution is 2.66. The van der Waals surface area contributed by atoms with Crippen molar-refractivity contribution >= 4 is 29.5 Å². The number of fused-ring (bicyclic) bond motifs is 1. The molecule has 4 fully saturated rings. The van der Waals surface area contributed by atoms with Crippen LogP contribution in [0.15, 0.2) is 0 Å². The minimum Gasteiger partial charge on any atom is -0.481 e. The Balaban J connectivity index is 1.35. The summed E-state index contributed by atoms with van der Waals surface area (Å²) in [6.45, 7) is 2.90. The third-order valence-electron chi connectivity index (χ3n) is 11.0. The van der Waals surface area contributed by atoms with Crippen LogP contribution in [0.5, 0.6) is 0 Å². The first-order chi connectivity index (χ1) is 20.8. The molecule has 0 spiro atoms. The minimum atomic E-state index is -4.46. The number of nitrogens with zero attached hydrogens (tertiary/aromatic N) is 5. The molecule has 6 unspecified atom stereocenters. The Labute approximate surface area is 258 Å². The van der Waals surface area contributed by atoms with Crippen molar-refractivity contribution in [3.05, 3.63) is 17.0 Å². The molecule has 244 valence electrons. The topological polar surface area (TPSA) is 99.0 Å². The van der Waals surface area contributed by atoms with Crippen molar-refractivity contribution in [2.24, 2.45) is 23.2 Å². The standard InChI is InChI=1S/C30H40ClF4N5O4/c1-37-11-13-38(14-12-37)28(44)39-10-7-19-23(16-39)40(36-25(19)18-6-5-17(27(42)43)15-22(18)32)26(41)24-20(3-2-4-21(24)31)29(8-9-29)30(33,34)35/h17-18,20-22,24H,2-16H2,1H3,(H,42,43). The molecule has 1 N–H and O–H groups in total. The fourth-order valence-electron chi connectivity index (χ4n) is 8.17. The monoisotopic (exact) mass is 645 g/mol. The van der Waals surface area contributed by atoms with E-state index in [4.69, 9.17) is 11.6 Å². The number of aromatic nitrogens is 2. The Bertz CT molecular complexity index is 1290. The first kappa shape index (κ1) is 31.6. The third kappa shape index (κ3) is 5.49. The van der Waals surface area contributed by atoms with Crippen LogP contribution in [-0.4, -0.2) is 105 Å². The van der Waals surface area contributed by atoms with Crippen molar-refractivity contribution in [3.63, 3.8) is 0 Å². The molecule has 0 radical (unpaired) electrons. The van der Waals surface area contributed by atoms with Gasteiger partial charge in [-0.1, -0.05) is 6.42 Å². The Morgan fingerprint density at radius 3 is 2.32 bits per heavy atom. The first-order valence-electron chi connectivity index (χ1n) is 15.8. The van der Waals surface area contributed by atoms with Crippen LogP contribution in [0.25, 0.3) is 0 Å². The number of urea groups is 1. The molecule has 3 saturated carbocycles. The average Bonchev–Trinajstić information content (AvgIpc) is 3.73. The van der Waals surface area contributed by atoms with Crippen LogP contribution in [0, 0.1) is 23.2 Å². The number of carbonyl (C=O) groups excluding carboxylic acids is 2. The number of carboxylic acids is 1. The molecule has 9 nitrogen and oxygen atoms in total. The van der Waals surface area contributed by atoms with Crippen molar-refractivity contribution in [2.45, 2.75) is 88.0 Å². The Kier molecular flexibility index (Phi) is 8.43. The van der Waals surface area contributed by atoms with Gasteiger partial charge in [0.1, 0.15) is 6.17 Å². The molecule has 3 heterocycles. The van der Waals surface area contributed by atoms with Gasteiger partial charge in [-0.2, -0.15) is 18.3 Å². The molecule has 2 aliphatic heterocycles. The maximum Gasteiger partial charge on any atom is 0.394 e. The zero-order chi connectivity index (χ0) is 31.6. The van der Waals surface area contributed by atoms with E-state index >= 15 is 4.39 Å². The van der Waals surface area contributed by atoms with Gasteiger partial charge in [-0.3, -0.25) is 9.59 Å². The van der Waals surface area contributed by atoms with Gasteiger partial charge in [-0.15, -0.1) is 11.6 Å². The summed E-state index contributed by atoms with van der Waals surface area (Å²) >= 11 is 6.69. The summed E-state index contributed by atoms with van der Waals surface area (Å²) < 4.78 is 59.7. The highest BCUT2D eigenvalue weighted by Gasteiger charge is 2.69. The summed E-state index contributed by atoms with van der Waals surface area (Å²) in [6, 6.07) is -0.185. The van der Waals surface area contributed by atoms with Crippen LogP contribution in [0.4, 0.5) is 22.4 Å². The number of aliphatic carboxylic acids is 1. The molecule has 44 heavy (non-hydrogen) atoms. The van der Waals surface area contributed by atoms with Crippen molar-refractivity contribution in [3.8, 4) is 0 Å². The van der Waals surface area contributed by atoms with E-state index in [-0.39, 0.29) is 51.1 Å². The molecule has 2 amide bonds. The quantitative estimate of drug-likeness (QED) is 0.369. The molecule has 0 bridgehead atoms. The molecule has 14 heteroatoms. The van der Waals surface area contributed by atoms with E-state index in [0.29, 0.717) is 55.8 Å². The zero-order valence-electron chi connectivity index (χ0n) is 24.9. The fraction of sp³-hybridized carbons (Fsp3) is 0.800. The summed E-state index contributed by atoms with van der Waals surface area (Å²) in [5, 5.41) is 13.3. The number of alkyl halides is 5. The van der Waals surface area contributed by atoms with Gasteiger partial charge in [0, 0.05) is 49.6 Å². The van der Waals surface area contributed by atoms with E-state index in [2.05, 4.69) is 10.00 Å². The van der Waals surface area contributed by atoms with Crippen LogP contribution in [0.1, 0.15) is 79.0 Å². The molecule has 1 saturated heterocycles. The molecule has 6 rings (SSSR count). The SMILES string of the molecule is CN1CCN(C(=O)N2CCc3c(C4CCC(C(=O)O)CC4F)nn(C(=O)C4C(Cl)CCCC4C4(C(F)(F)F)CC4)c3C2)CC1. The highest BCUT2D eigenvalue weighted by molar-refractivity contribution is 6.22. The number of halogens is 5. The second kappa shape index (κ2) is 11.7. The zero-order valence-corrected chi connectivity index (χ0v) is 25.6. The highest BCUT2D eigenvalue weighted by atomic mass is 35.5. The number of carbonyl (C=O) groups is 3. The Hall–Kier alpha value is -2.41. The van der Waals surface area contributed by atoms with Crippen LogP contribution in [-0.2, 0) is 17.8 Å². The summed E-state index contributed by atoms with van der Waals surface area (Å²) in [7, 11) is 1.98. The van der Waals surface area contributed by atoms with Crippen molar-refractivity contribution in [1.82, 2.24) is 24.5 Å². The molecular formula is C30H40ClF4N5O4. The summed E-state index contributed by atoms with van der Waals surface area (Å²) in [4.78, 5) is 45.0. The largest absolute Gasteiger partial charge is 0.481 e. The third-order valence-corrected chi connectivity index (χ3v) is 11.5. The maximum atomic E-state index is 15.6. The molecule has 0 aromatic carbocycles. The predicted octanol–water partition coefficient (Wildman–Crippen LogP) is 4.92. The predicted molar refractivity (Wildman–Crippen MR) is 152 cm³/mol. The second-order valence-electron chi connectivity index (χ2n) is 13.5. The van der Waals surface area contributed by atoms with Crippen LogP contribution < -0.4 is 0 Å². The molecular weight excluding hydrogens is 606 g/mol. The van der Waals surface area contributed by atoms with Crippen molar-refractivity contribution in [2.75, 3.05) is 39.8 Å².